The molecule has 1 unspecified atom stereocenters. The molecule has 0 aliphatic heterocycles. The number of carbonyl (C=O) groups is 2. The minimum atomic E-state index is -4.36. The van der Waals surface area contributed by atoms with Crippen molar-refractivity contribution in [2.24, 2.45) is 0 Å². The summed E-state index contributed by atoms with van der Waals surface area (Å²) >= 11 is 0. The molecule has 9 nitrogen and oxygen atoms in total. The SMILES string of the molecule is CCCCCCCCCCCCCCCCCC(=O)OC[C@H](COP(=O)(O)OCC[N+](C)(C)C)OC(=O)CCCCCCCCCCCCCC. The number of nitrogens with zero attached hydrogens (tertiary/aromatic N) is 1. The molecule has 0 fully saturated rings. The molecule has 0 rings (SSSR count). The second-order valence-corrected chi connectivity index (χ2v) is 17.2. The first-order valence-corrected chi connectivity index (χ1v) is 22.8. The van der Waals surface area contributed by atoms with Crippen LogP contribution >= 0.6 is 7.82 Å². The number of carbonyl (C=O) groups excluding carboxylic acids is 2. The van der Waals surface area contributed by atoms with Gasteiger partial charge >= 0.3 is 19.8 Å². The molecular formula is C41H83NO8P+. The minimum absolute atomic E-state index is 0.0366. The largest absolute Gasteiger partial charge is 0.472 e. The van der Waals surface area contributed by atoms with Gasteiger partial charge in [-0.3, -0.25) is 18.6 Å². The summed E-state index contributed by atoms with van der Waals surface area (Å²) in [7, 11) is 1.49. The highest BCUT2D eigenvalue weighted by Gasteiger charge is 2.27. The van der Waals surface area contributed by atoms with Crippen molar-refractivity contribution in [3.63, 3.8) is 0 Å². The van der Waals surface area contributed by atoms with Gasteiger partial charge in [0.05, 0.1) is 27.7 Å². The van der Waals surface area contributed by atoms with Crippen molar-refractivity contribution in [1.29, 1.82) is 0 Å². The molecule has 2 atom stereocenters. The molecule has 0 saturated heterocycles. The van der Waals surface area contributed by atoms with E-state index in [9.17, 15) is 19.0 Å². The Kier molecular flexibility index (Phi) is 34.1. The molecule has 51 heavy (non-hydrogen) atoms. The van der Waals surface area contributed by atoms with Gasteiger partial charge in [0.15, 0.2) is 6.10 Å². The van der Waals surface area contributed by atoms with Crippen LogP contribution < -0.4 is 0 Å². The number of likely N-dealkylation sites (N-methyl/N-ethyl adjacent to an activating group) is 1. The van der Waals surface area contributed by atoms with Crippen molar-refractivity contribution in [2.75, 3.05) is 47.5 Å². The molecule has 0 spiro atoms. The summed E-state index contributed by atoms with van der Waals surface area (Å²) in [5.74, 6) is -0.786. The van der Waals surface area contributed by atoms with Crippen LogP contribution in [0, 0.1) is 0 Å². The number of hydrogen-bond donors (Lipinski definition) is 1. The van der Waals surface area contributed by atoms with Crippen LogP contribution in [0.4, 0.5) is 0 Å². The summed E-state index contributed by atoms with van der Waals surface area (Å²) in [5, 5.41) is 0. The van der Waals surface area contributed by atoms with Gasteiger partial charge in [-0.05, 0) is 12.8 Å². The van der Waals surface area contributed by atoms with Crippen molar-refractivity contribution in [1.82, 2.24) is 0 Å². The summed E-state index contributed by atoms with van der Waals surface area (Å²) in [6, 6.07) is 0. The zero-order valence-corrected chi connectivity index (χ0v) is 35.0. The van der Waals surface area contributed by atoms with E-state index in [0.717, 1.165) is 38.5 Å². The van der Waals surface area contributed by atoms with Gasteiger partial charge in [0.2, 0.25) is 0 Å². The van der Waals surface area contributed by atoms with E-state index >= 15 is 0 Å². The van der Waals surface area contributed by atoms with Gasteiger partial charge in [0.1, 0.15) is 19.8 Å². The van der Waals surface area contributed by atoms with Crippen molar-refractivity contribution >= 4 is 19.8 Å². The quantitative estimate of drug-likeness (QED) is 0.0286. The zero-order valence-electron chi connectivity index (χ0n) is 34.1. The molecular weight excluding hydrogens is 665 g/mol. The average molecular weight is 749 g/mol. The van der Waals surface area contributed by atoms with Crippen LogP contribution in [0.3, 0.4) is 0 Å². The predicted molar refractivity (Wildman–Crippen MR) is 211 cm³/mol. The van der Waals surface area contributed by atoms with E-state index in [1.165, 1.54) is 135 Å². The molecule has 0 aromatic carbocycles. The Hall–Kier alpha value is -0.990. The lowest BCUT2D eigenvalue weighted by atomic mass is 10.0. The summed E-state index contributed by atoms with van der Waals surface area (Å²) in [6.45, 7) is 4.44. The molecule has 0 aromatic heterocycles. The maximum atomic E-state index is 12.6. The van der Waals surface area contributed by atoms with Crippen molar-refractivity contribution in [2.45, 2.75) is 206 Å². The molecule has 0 bridgehead atoms. The fourth-order valence-electron chi connectivity index (χ4n) is 6.01. The third-order valence-corrected chi connectivity index (χ3v) is 10.4. The van der Waals surface area contributed by atoms with E-state index in [1.54, 1.807) is 0 Å². The minimum Gasteiger partial charge on any atom is -0.462 e. The Labute approximate surface area is 314 Å². The van der Waals surface area contributed by atoms with Crippen LogP contribution in [0.25, 0.3) is 0 Å². The zero-order chi connectivity index (χ0) is 37.9. The second kappa shape index (κ2) is 34.8. The number of esters is 2. The molecule has 0 aromatic rings. The topological polar surface area (TPSA) is 108 Å². The second-order valence-electron chi connectivity index (χ2n) is 15.7. The first-order valence-electron chi connectivity index (χ1n) is 21.3. The van der Waals surface area contributed by atoms with Crippen LogP contribution in [0.1, 0.15) is 200 Å². The smallest absolute Gasteiger partial charge is 0.462 e. The molecule has 0 amide bonds. The highest BCUT2D eigenvalue weighted by atomic mass is 31.2. The maximum Gasteiger partial charge on any atom is 0.472 e. The first-order chi connectivity index (χ1) is 24.5. The van der Waals surface area contributed by atoms with E-state index in [2.05, 4.69) is 13.8 Å². The molecule has 1 N–H and O–H groups in total. The standard InChI is InChI=1S/C41H82NO8P/c1-6-8-10-12-14-16-18-20-21-22-24-25-27-29-31-33-40(43)47-37-39(38-49-51(45,46)48-36-35-42(3,4)5)50-41(44)34-32-30-28-26-23-19-17-15-13-11-9-7-2/h39H,6-38H2,1-5H3/p+1/t39-/m1/s1. The van der Waals surface area contributed by atoms with Gasteiger partial charge < -0.3 is 18.9 Å². The molecule has 0 aliphatic carbocycles. The molecule has 0 aliphatic rings. The number of phosphoric ester groups is 1. The summed E-state index contributed by atoms with van der Waals surface area (Å²) in [4.78, 5) is 35.3. The predicted octanol–water partition coefficient (Wildman–Crippen LogP) is 11.6. The van der Waals surface area contributed by atoms with E-state index in [0.29, 0.717) is 17.4 Å². The Morgan fingerprint density at radius 1 is 0.529 bits per heavy atom. The van der Waals surface area contributed by atoms with Gasteiger partial charge in [0, 0.05) is 12.8 Å². The highest BCUT2D eigenvalue weighted by Crippen LogP contribution is 2.43. The third-order valence-electron chi connectivity index (χ3n) is 9.39. The summed E-state index contributed by atoms with van der Waals surface area (Å²) in [5.41, 5.74) is 0. The molecule has 304 valence electrons. The van der Waals surface area contributed by atoms with Crippen LogP contribution in [-0.2, 0) is 32.7 Å². The van der Waals surface area contributed by atoms with Crippen LogP contribution in [0.2, 0.25) is 0 Å². The third kappa shape index (κ3) is 38.5. The van der Waals surface area contributed by atoms with Gasteiger partial charge in [-0.1, -0.05) is 174 Å². The average Bonchev–Trinajstić information content (AvgIpc) is 3.07. The van der Waals surface area contributed by atoms with Gasteiger partial charge in [0.25, 0.3) is 0 Å². The lowest BCUT2D eigenvalue weighted by Crippen LogP contribution is -2.37. The summed E-state index contributed by atoms with van der Waals surface area (Å²) in [6.07, 6.45) is 32.8. The van der Waals surface area contributed by atoms with Gasteiger partial charge in [-0.2, -0.15) is 0 Å². The fourth-order valence-corrected chi connectivity index (χ4v) is 6.76. The van der Waals surface area contributed by atoms with Crippen LogP contribution in [0.5, 0.6) is 0 Å². The van der Waals surface area contributed by atoms with Gasteiger partial charge in [-0.25, -0.2) is 4.57 Å². The molecule has 0 radical (unpaired) electrons. The van der Waals surface area contributed by atoms with Crippen LogP contribution in [-0.4, -0.2) is 74.9 Å². The lowest BCUT2D eigenvalue weighted by molar-refractivity contribution is -0.870. The Morgan fingerprint density at radius 3 is 1.25 bits per heavy atom. The molecule has 0 saturated carbocycles. The number of rotatable bonds is 39. The Morgan fingerprint density at radius 2 is 0.882 bits per heavy atom. The van der Waals surface area contributed by atoms with Crippen molar-refractivity contribution in [3.05, 3.63) is 0 Å². The monoisotopic (exact) mass is 749 g/mol. The number of ether oxygens (including phenoxy) is 2. The number of hydrogen-bond acceptors (Lipinski definition) is 7. The number of unbranched alkanes of at least 4 members (excludes halogenated alkanes) is 25. The lowest BCUT2D eigenvalue weighted by Gasteiger charge is -2.24. The van der Waals surface area contributed by atoms with E-state index in [1.807, 2.05) is 21.1 Å². The number of phosphoric acid groups is 1. The van der Waals surface area contributed by atoms with Crippen molar-refractivity contribution < 1.29 is 42.1 Å². The maximum absolute atomic E-state index is 12.6. The highest BCUT2D eigenvalue weighted by molar-refractivity contribution is 7.47. The van der Waals surface area contributed by atoms with E-state index < -0.39 is 26.5 Å². The van der Waals surface area contributed by atoms with Gasteiger partial charge in [-0.15, -0.1) is 0 Å². The molecule has 0 heterocycles. The normalized spacial score (nSPS) is 13.6. The van der Waals surface area contributed by atoms with Crippen molar-refractivity contribution in [3.8, 4) is 0 Å². The van der Waals surface area contributed by atoms with E-state index in [4.69, 9.17) is 18.5 Å². The van der Waals surface area contributed by atoms with Crippen LogP contribution in [0.15, 0.2) is 0 Å². The summed E-state index contributed by atoms with van der Waals surface area (Å²) < 4.78 is 34.2. The first kappa shape index (κ1) is 50.0. The number of quaternary nitrogens is 1. The Bertz CT molecular complexity index is 850. The molecule has 10 heteroatoms. The fraction of sp³-hybridized carbons (Fsp3) is 0.951. The Balaban J connectivity index is 4.33. The van der Waals surface area contributed by atoms with E-state index in [-0.39, 0.29) is 25.6 Å².